The van der Waals surface area contributed by atoms with Crippen molar-refractivity contribution in [1.82, 2.24) is 20.3 Å². The van der Waals surface area contributed by atoms with Crippen LogP contribution < -0.4 is 5.32 Å². The number of nitrogens with one attached hydrogen (secondary N) is 1. The Bertz CT molecular complexity index is 399. The van der Waals surface area contributed by atoms with E-state index in [4.69, 9.17) is 0 Å². The fraction of sp³-hybridized carbons (Fsp3) is 0.250. The molecule has 0 saturated carbocycles. The van der Waals surface area contributed by atoms with E-state index in [1.165, 1.54) is 0 Å². The molecule has 0 amide bonds. The van der Waals surface area contributed by atoms with E-state index in [-0.39, 0.29) is 0 Å². The average molecular weight is 191 g/mol. The quantitative estimate of drug-likeness (QED) is 0.772. The van der Waals surface area contributed by atoms with Crippen LogP contribution in [0.4, 0.5) is 5.95 Å². The van der Waals surface area contributed by atoms with Gasteiger partial charge in [-0.05, 0) is 13.0 Å². The predicted octanol–water partition coefficient (Wildman–Crippen LogP) is 0.780. The van der Waals surface area contributed by atoms with Crippen molar-refractivity contribution in [2.45, 2.75) is 13.5 Å². The highest BCUT2D eigenvalue weighted by molar-refractivity contribution is 5.24. The zero-order valence-electron chi connectivity index (χ0n) is 7.64. The molecule has 1 N–H and O–H groups in total. The fourth-order valence-electron chi connectivity index (χ4n) is 0.963. The molecular weight excluding hydrogens is 182 g/mol. The van der Waals surface area contributed by atoms with Crippen LogP contribution >= 0.6 is 0 Å². The second-order valence-corrected chi connectivity index (χ2v) is 2.72. The molecule has 0 radical (unpaired) electrons. The summed E-state index contributed by atoms with van der Waals surface area (Å²) in [5.41, 5.74) is 1.53. The van der Waals surface area contributed by atoms with E-state index in [0.717, 1.165) is 11.4 Å². The van der Waals surface area contributed by atoms with Crippen molar-refractivity contribution < 1.29 is 4.63 Å². The van der Waals surface area contributed by atoms with E-state index in [2.05, 4.69) is 30.2 Å². The Kier molecular flexibility index (Phi) is 2.35. The maximum Gasteiger partial charge on any atom is 0.222 e. The Morgan fingerprint density at radius 2 is 2.07 bits per heavy atom. The van der Waals surface area contributed by atoms with E-state index < -0.39 is 0 Å². The Hall–Kier alpha value is -1.98. The maximum absolute atomic E-state index is 4.55. The van der Waals surface area contributed by atoms with E-state index in [1.54, 1.807) is 18.5 Å². The minimum absolute atomic E-state index is 0.513. The van der Waals surface area contributed by atoms with Gasteiger partial charge in [0.1, 0.15) is 11.4 Å². The summed E-state index contributed by atoms with van der Waals surface area (Å²) in [6.07, 6.45) is 3.34. The minimum atomic E-state index is 0.513. The minimum Gasteiger partial charge on any atom is -0.348 e. The highest BCUT2D eigenvalue weighted by Crippen LogP contribution is 2.03. The largest absolute Gasteiger partial charge is 0.348 e. The fourth-order valence-corrected chi connectivity index (χ4v) is 0.963. The first-order valence-electron chi connectivity index (χ1n) is 4.15. The lowest BCUT2D eigenvalue weighted by Crippen LogP contribution is -2.04. The van der Waals surface area contributed by atoms with Crippen LogP contribution in [0.3, 0.4) is 0 Å². The normalized spacial score (nSPS) is 10.1. The number of aromatic nitrogens is 4. The highest BCUT2D eigenvalue weighted by Gasteiger charge is 2.04. The van der Waals surface area contributed by atoms with Crippen LogP contribution in [0, 0.1) is 6.92 Å². The van der Waals surface area contributed by atoms with Gasteiger partial charge < -0.3 is 5.32 Å². The van der Waals surface area contributed by atoms with Crippen LogP contribution in [-0.2, 0) is 6.54 Å². The molecule has 0 aliphatic carbocycles. The molecule has 0 fully saturated rings. The summed E-state index contributed by atoms with van der Waals surface area (Å²) >= 11 is 0. The van der Waals surface area contributed by atoms with Crippen molar-refractivity contribution in [2.75, 3.05) is 5.32 Å². The number of rotatable bonds is 3. The summed E-state index contributed by atoms with van der Waals surface area (Å²) in [7, 11) is 0. The summed E-state index contributed by atoms with van der Waals surface area (Å²) < 4.78 is 4.55. The van der Waals surface area contributed by atoms with Crippen LogP contribution in [0.2, 0.25) is 0 Å². The second kappa shape index (κ2) is 3.82. The summed E-state index contributed by atoms with van der Waals surface area (Å²) in [6, 6.07) is 1.76. The molecule has 72 valence electrons. The molecule has 0 saturated heterocycles. The van der Waals surface area contributed by atoms with Gasteiger partial charge in [-0.3, -0.25) is 0 Å². The molecule has 2 rings (SSSR count). The molecule has 0 unspecified atom stereocenters. The second-order valence-electron chi connectivity index (χ2n) is 2.72. The third-order valence-electron chi connectivity index (χ3n) is 1.73. The Morgan fingerprint density at radius 1 is 1.29 bits per heavy atom. The first-order valence-corrected chi connectivity index (χ1v) is 4.15. The lowest BCUT2D eigenvalue weighted by atomic mass is 10.3. The molecule has 0 aliphatic heterocycles. The van der Waals surface area contributed by atoms with Gasteiger partial charge in [-0.1, -0.05) is 10.3 Å². The van der Waals surface area contributed by atoms with Gasteiger partial charge in [0.05, 0.1) is 6.54 Å². The van der Waals surface area contributed by atoms with E-state index in [0.29, 0.717) is 12.5 Å². The van der Waals surface area contributed by atoms with Gasteiger partial charge >= 0.3 is 0 Å². The standard InChI is InChI=1S/C8H9N5O/c1-6-7(13-14-12-6)5-11-8-9-3-2-4-10-8/h2-4H,5H2,1H3,(H,9,10,11). The molecule has 14 heavy (non-hydrogen) atoms. The lowest BCUT2D eigenvalue weighted by molar-refractivity contribution is 0.301. The topological polar surface area (TPSA) is 76.7 Å². The molecule has 0 aromatic carbocycles. The van der Waals surface area contributed by atoms with Gasteiger partial charge in [0, 0.05) is 12.4 Å². The van der Waals surface area contributed by atoms with Crippen molar-refractivity contribution in [3.63, 3.8) is 0 Å². The molecule has 2 aromatic heterocycles. The zero-order chi connectivity index (χ0) is 9.80. The molecule has 0 bridgehead atoms. The Balaban J connectivity index is 1.99. The number of nitrogens with zero attached hydrogens (tertiary/aromatic N) is 4. The summed E-state index contributed by atoms with van der Waals surface area (Å²) in [5.74, 6) is 0.565. The molecule has 0 spiro atoms. The number of hydrogen-bond acceptors (Lipinski definition) is 6. The predicted molar refractivity (Wildman–Crippen MR) is 48.4 cm³/mol. The van der Waals surface area contributed by atoms with Crippen molar-refractivity contribution in [1.29, 1.82) is 0 Å². The molecule has 2 aromatic rings. The van der Waals surface area contributed by atoms with Gasteiger partial charge in [0.15, 0.2) is 0 Å². The lowest BCUT2D eigenvalue weighted by Gasteiger charge is -2.00. The molecule has 0 aliphatic rings. The van der Waals surface area contributed by atoms with Gasteiger partial charge in [-0.2, -0.15) is 0 Å². The third-order valence-corrected chi connectivity index (χ3v) is 1.73. The summed E-state index contributed by atoms with van der Waals surface area (Å²) in [4.78, 5) is 8.01. The molecule has 6 heteroatoms. The van der Waals surface area contributed by atoms with Crippen LogP contribution in [0.1, 0.15) is 11.4 Å². The number of aryl methyl sites for hydroxylation is 1. The summed E-state index contributed by atoms with van der Waals surface area (Å²) in [5, 5.41) is 10.4. The smallest absolute Gasteiger partial charge is 0.222 e. The number of anilines is 1. The first kappa shape index (κ1) is 8.61. The van der Waals surface area contributed by atoms with E-state index >= 15 is 0 Å². The van der Waals surface area contributed by atoms with Crippen LogP contribution in [0.5, 0.6) is 0 Å². The van der Waals surface area contributed by atoms with Gasteiger partial charge in [-0.15, -0.1) is 0 Å². The highest BCUT2D eigenvalue weighted by atomic mass is 16.6. The average Bonchev–Trinajstić information content (AvgIpc) is 2.63. The Morgan fingerprint density at radius 3 is 2.71 bits per heavy atom. The van der Waals surface area contributed by atoms with Crippen molar-refractivity contribution in [3.8, 4) is 0 Å². The van der Waals surface area contributed by atoms with Crippen molar-refractivity contribution >= 4 is 5.95 Å². The molecular formula is C8H9N5O. The monoisotopic (exact) mass is 191 g/mol. The Labute approximate surface area is 80.3 Å². The summed E-state index contributed by atoms with van der Waals surface area (Å²) in [6.45, 7) is 2.35. The van der Waals surface area contributed by atoms with Crippen molar-refractivity contribution in [3.05, 3.63) is 29.8 Å². The van der Waals surface area contributed by atoms with Gasteiger partial charge in [0.25, 0.3) is 0 Å². The van der Waals surface area contributed by atoms with Crippen molar-refractivity contribution in [2.24, 2.45) is 0 Å². The first-order chi connectivity index (χ1) is 6.86. The van der Waals surface area contributed by atoms with Crippen LogP contribution in [0.15, 0.2) is 23.1 Å². The van der Waals surface area contributed by atoms with Gasteiger partial charge in [-0.25, -0.2) is 14.6 Å². The van der Waals surface area contributed by atoms with Gasteiger partial charge in [0.2, 0.25) is 5.95 Å². The van der Waals surface area contributed by atoms with E-state index in [9.17, 15) is 0 Å². The molecule has 0 atom stereocenters. The van der Waals surface area contributed by atoms with Crippen LogP contribution in [0.25, 0.3) is 0 Å². The molecule has 6 nitrogen and oxygen atoms in total. The number of hydrogen-bond donors (Lipinski definition) is 1. The van der Waals surface area contributed by atoms with Crippen LogP contribution in [-0.4, -0.2) is 20.3 Å². The molecule has 2 heterocycles. The SMILES string of the molecule is Cc1nonc1CNc1ncccn1. The third kappa shape index (κ3) is 1.85. The van der Waals surface area contributed by atoms with E-state index in [1.807, 2.05) is 6.92 Å². The maximum atomic E-state index is 4.55. The zero-order valence-corrected chi connectivity index (χ0v) is 7.64.